The molecular weight excluding hydrogens is 516 g/mol. The quantitative estimate of drug-likeness (QED) is 0.176. The van der Waals surface area contributed by atoms with Gasteiger partial charge < -0.3 is 14.7 Å². The molecule has 0 bridgehead atoms. The number of fused-ring (bicyclic) bond motifs is 1. The molecule has 193 valence electrons. The summed E-state index contributed by atoms with van der Waals surface area (Å²) in [7, 11) is 1.31. The molecule has 1 aliphatic heterocycles. The Morgan fingerprint density at radius 3 is 2.46 bits per heavy atom. The molecule has 0 aliphatic carbocycles. The number of methoxy groups -OCH3 is 1. The van der Waals surface area contributed by atoms with E-state index in [1.54, 1.807) is 42.6 Å². The zero-order chi connectivity index (χ0) is 25.7. The Kier molecular flexibility index (Phi) is 9.02. The molecule has 1 heterocycles. The fourth-order valence-corrected chi connectivity index (χ4v) is 4.72. The number of esters is 1. The first-order chi connectivity index (χ1) is 17.4. The minimum Gasteiger partial charge on any atom is -0.492 e. The monoisotopic (exact) mass is 544 g/mol. The smallest absolute Gasteiger partial charge is 0.337 e. The summed E-state index contributed by atoms with van der Waals surface area (Å²) < 4.78 is 18.6. The van der Waals surface area contributed by atoms with Crippen molar-refractivity contribution in [1.29, 1.82) is 0 Å². The summed E-state index contributed by atoms with van der Waals surface area (Å²) in [5.41, 5.74) is 4.56. The van der Waals surface area contributed by atoms with E-state index in [4.69, 9.17) is 0 Å². The van der Waals surface area contributed by atoms with Crippen molar-refractivity contribution >= 4 is 23.8 Å². The number of ether oxygens (including phenoxy) is 1. The van der Waals surface area contributed by atoms with Crippen LogP contribution in [0.5, 0.6) is 0 Å². The molecule has 1 atom stereocenters. The minimum absolute atomic E-state index is 0. The van der Waals surface area contributed by atoms with E-state index in [0.29, 0.717) is 17.5 Å². The van der Waals surface area contributed by atoms with E-state index in [1.807, 2.05) is 24.3 Å². The Hall–Kier alpha value is -3.75. The standard InChI is InChI=1S/C29H28FN3O3.Co/c1-4-33-25-11-6-5-10-24(25)29(2,19-20-8-7-9-23(30)18-20)26(33)16-17-31-32-27(34)21-12-14-22(15-13-21)28(35)36-3;/h5-18H,4,19H2,1-3H3,(H,32,34);/b26-16-,31-17+;. The SMILES string of the molecule is CCN1\C(=C/C=N/N=C(\O)c2ccc(C(=O)OC)cc2)C(C)(Cc2cccc(F)c2)c2ccccc21.[Co]. The molecule has 1 radical (unpaired) electrons. The molecule has 1 aliphatic rings. The molecular formula is C29H28CoFN3O3. The number of rotatable bonds is 7. The van der Waals surface area contributed by atoms with Crippen molar-refractivity contribution in [2.24, 2.45) is 10.2 Å². The second kappa shape index (κ2) is 12.0. The van der Waals surface area contributed by atoms with Crippen LogP contribution in [0.4, 0.5) is 10.1 Å². The van der Waals surface area contributed by atoms with Gasteiger partial charge in [-0.05, 0) is 79.9 Å². The van der Waals surface area contributed by atoms with Gasteiger partial charge in [-0.2, -0.15) is 5.10 Å². The van der Waals surface area contributed by atoms with Crippen LogP contribution in [0.15, 0.2) is 94.8 Å². The molecule has 0 fully saturated rings. The number of anilines is 1. The second-order valence-corrected chi connectivity index (χ2v) is 8.71. The molecule has 0 aromatic heterocycles. The third-order valence-corrected chi connectivity index (χ3v) is 6.42. The second-order valence-electron chi connectivity index (χ2n) is 8.71. The van der Waals surface area contributed by atoms with Crippen molar-refractivity contribution in [1.82, 2.24) is 0 Å². The molecule has 3 aromatic carbocycles. The number of likely N-dealkylation sites (N-methyl/N-ethyl adjacent to an activating group) is 1. The first-order valence-corrected chi connectivity index (χ1v) is 11.7. The normalized spacial score (nSPS) is 18.1. The predicted molar refractivity (Wildman–Crippen MR) is 140 cm³/mol. The maximum Gasteiger partial charge on any atom is 0.337 e. The summed E-state index contributed by atoms with van der Waals surface area (Å²) in [5.74, 6) is -0.987. The molecule has 4 rings (SSSR count). The number of benzene rings is 3. The molecule has 37 heavy (non-hydrogen) atoms. The van der Waals surface area contributed by atoms with Crippen molar-refractivity contribution < 1.29 is 35.8 Å². The first kappa shape index (κ1) is 27.8. The number of halogens is 1. The summed E-state index contributed by atoms with van der Waals surface area (Å²) in [6.45, 7) is 4.98. The van der Waals surface area contributed by atoms with Crippen molar-refractivity contribution in [2.75, 3.05) is 18.6 Å². The number of para-hydroxylation sites is 1. The van der Waals surface area contributed by atoms with Crippen LogP contribution in [0.25, 0.3) is 0 Å². The minimum atomic E-state index is -0.457. The summed E-state index contributed by atoms with van der Waals surface area (Å²) in [4.78, 5) is 13.8. The molecule has 0 saturated carbocycles. The van der Waals surface area contributed by atoms with Gasteiger partial charge in [-0.25, -0.2) is 9.18 Å². The molecule has 3 aromatic rings. The number of allylic oxidation sites excluding steroid dienone is 2. The molecule has 1 N–H and O–H groups in total. The van der Waals surface area contributed by atoms with Crippen LogP contribution < -0.4 is 4.90 Å². The fraction of sp³-hybridized carbons (Fsp3) is 0.207. The van der Waals surface area contributed by atoms with Gasteiger partial charge in [0.15, 0.2) is 0 Å². The average Bonchev–Trinajstić information content (AvgIpc) is 3.13. The van der Waals surface area contributed by atoms with Gasteiger partial charge in [0.2, 0.25) is 5.90 Å². The van der Waals surface area contributed by atoms with E-state index < -0.39 is 11.4 Å². The van der Waals surface area contributed by atoms with Crippen LogP contribution >= 0.6 is 0 Å². The Morgan fingerprint density at radius 1 is 1.08 bits per heavy atom. The summed E-state index contributed by atoms with van der Waals surface area (Å²) >= 11 is 0. The average molecular weight is 544 g/mol. The van der Waals surface area contributed by atoms with Crippen molar-refractivity contribution in [2.45, 2.75) is 25.7 Å². The van der Waals surface area contributed by atoms with Crippen LogP contribution in [-0.2, 0) is 33.4 Å². The number of carbonyl (C=O) groups is 1. The van der Waals surface area contributed by atoms with Crippen LogP contribution in [0, 0.1) is 5.82 Å². The van der Waals surface area contributed by atoms with Gasteiger partial charge >= 0.3 is 5.97 Å². The van der Waals surface area contributed by atoms with Crippen LogP contribution in [0.2, 0.25) is 0 Å². The van der Waals surface area contributed by atoms with E-state index in [-0.39, 0.29) is 28.5 Å². The molecule has 0 saturated heterocycles. The van der Waals surface area contributed by atoms with Crippen LogP contribution in [-0.4, -0.2) is 36.8 Å². The molecule has 0 spiro atoms. The van der Waals surface area contributed by atoms with Crippen molar-refractivity contribution in [3.05, 3.63) is 113 Å². The fourth-order valence-electron chi connectivity index (χ4n) is 4.72. The van der Waals surface area contributed by atoms with Gasteiger partial charge in [0, 0.05) is 45.7 Å². The van der Waals surface area contributed by atoms with E-state index >= 15 is 0 Å². The summed E-state index contributed by atoms with van der Waals surface area (Å²) in [6.07, 6.45) is 4.05. The van der Waals surface area contributed by atoms with E-state index in [1.165, 1.54) is 13.2 Å². The maximum absolute atomic E-state index is 13.9. The Bertz CT molecular complexity index is 1350. The predicted octanol–water partition coefficient (Wildman–Crippen LogP) is 5.82. The number of aliphatic hydroxyl groups excluding tert-OH is 1. The summed E-state index contributed by atoms with van der Waals surface area (Å²) in [5, 5.41) is 18.3. The molecule has 6 nitrogen and oxygen atoms in total. The van der Waals surface area contributed by atoms with E-state index in [9.17, 15) is 14.3 Å². The number of hydrogen-bond donors (Lipinski definition) is 1. The molecule has 1 unspecified atom stereocenters. The van der Waals surface area contributed by atoms with Gasteiger partial charge in [0.05, 0.1) is 18.9 Å². The third-order valence-electron chi connectivity index (χ3n) is 6.42. The summed E-state index contributed by atoms with van der Waals surface area (Å²) in [6, 6.07) is 21.1. The number of carbonyl (C=O) groups excluding carboxylic acids is 1. The molecule has 8 heteroatoms. The van der Waals surface area contributed by atoms with Crippen molar-refractivity contribution in [3.63, 3.8) is 0 Å². The van der Waals surface area contributed by atoms with E-state index in [2.05, 4.69) is 45.8 Å². The maximum atomic E-state index is 13.9. The largest absolute Gasteiger partial charge is 0.492 e. The third kappa shape index (κ3) is 5.81. The number of aliphatic hydroxyl groups is 1. The van der Waals surface area contributed by atoms with Gasteiger partial charge in [-0.15, -0.1) is 5.10 Å². The number of nitrogens with zero attached hydrogens (tertiary/aromatic N) is 3. The zero-order valence-corrected chi connectivity index (χ0v) is 21.9. The Morgan fingerprint density at radius 2 is 1.78 bits per heavy atom. The first-order valence-electron chi connectivity index (χ1n) is 11.7. The van der Waals surface area contributed by atoms with Crippen molar-refractivity contribution in [3.8, 4) is 0 Å². The Labute approximate surface area is 226 Å². The Balaban J connectivity index is 0.00000380. The van der Waals surface area contributed by atoms with Gasteiger partial charge in [0.25, 0.3) is 0 Å². The van der Waals surface area contributed by atoms with Gasteiger partial charge in [-0.3, -0.25) is 0 Å². The van der Waals surface area contributed by atoms with Crippen LogP contribution in [0.3, 0.4) is 0 Å². The van der Waals surface area contributed by atoms with E-state index in [0.717, 1.165) is 29.1 Å². The van der Waals surface area contributed by atoms with Gasteiger partial charge in [0.1, 0.15) is 5.82 Å². The molecule has 0 amide bonds. The number of hydrogen-bond acceptors (Lipinski definition) is 5. The topological polar surface area (TPSA) is 74.5 Å². The van der Waals surface area contributed by atoms with Crippen LogP contribution in [0.1, 0.15) is 40.9 Å². The zero-order valence-electron chi connectivity index (χ0n) is 20.8. The van der Waals surface area contributed by atoms with Gasteiger partial charge in [-0.1, -0.05) is 30.3 Å².